The number of aryl methyl sites for hydroxylation is 1. The van der Waals surface area contributed by atoms with Gasteiger partial charge in [0, 0.05) is 5.39 Å². The fourth-order valence-corrected chi connectivity index (χ4v) is 1.22. The molecule has 1 aromatic heterocycles. The molecule has 0 unspecified atom stereocenters. The lowest BCUT2D eigenvalue weighted by molar-refractivity contribution is 0.615. The zero-order valence-corrected chi connectivity index (χ0v) is 8.50. The number of benzene rings is 1. The van der Waals surface area contributed by atoms with Crippen LogP contribution in [0.3, 0.4) is 0 Å². The van der Waals surface area contributed by atoms with Gasteiger partial charge in [-0.25, -0.2) is 0 Å². The SMILES string of the molecule is CC.CCc1ccc2ccoc2c1. The van der Waals surface area contributed by atoms with Crippen LogP contribution in [0.2, 0.25) is 0 Å². The van der Waals surface area contributed by atoms with Crippen LogP contribution in [0.25, 0.3) is 11.0 Å². The highest BCUT2D eigenvalue weighted by molar-refractivity contribution is 5.77. The molecule has 1 nitrogen and oxygen atoms in total. The summed E-state index contributed by atoms with van der Waals surface area (Å²) >= 11 is 0. The van der Waals surface area contributed by atoms with E-state index in [9.17, 15) is 0 Å². The van der Waals surface area contributed by atoms with Crippen molar-refractivity contribution in [2.75, 3.05) is 0 Å². The van der Waals surface area contributed by atoms with Crippen LogP contribution >= 0.6 is 0 Å². The molecule has 0 amide bonds. The summed E-state index contributed by atoms with van der Waals surface area (Å²) < 4.78 is 5.26. The molecule has 0 bridgehead atoms. The van der Waals surface area contributed by atoms with Crippen molar-refractivity contribution in [3.63, 3.8) is 0 Å². The second-order valence-electron chi connectivity index (χ2n) is 2.65. The Balaban J connectivity index is 0.000000396. The lowest BCUT2D eigenvalue weighted by Crippen LogP contribution is -1.76. The van der Waals surface area contributed by atoms with Crippen LogP contribution in [0.15, 0.2) is 34.9 Å². The van der Waals surface area contributed by atoms with Gasteiger partial charge in [-0.1, -0.05) is 32.9 Å². The van der Waals surface area contributed by atoms with E-state index in [1.54, 1.807) is 6.26 Å². The Morgan fingerprint density at radius 3 is 2.62 bits per heavy atom. The minimum absolute atomic E-state index is 0.990. The molecule has 0 aliphatic carbocycles. The summed E-state index contributed by atoms with van der Waals surface area (Å²) in [6.07, 6.45) is 2.79. The standard InChI is InChI=1S/C10H10O.C2H6/c1-2-8-3-4-9-5-6-11-10(9)7-8;1-2/h3-7H,2H2,1H3;1-2H3. The maximum Gasteiger partial charge on any atom is 0.134 e. The third-order valence-electron chi connectivity index (χ3n) is 1.93. The molecule has 1 heteroatoms. The van der Waals surface area contributed by atoms with Crippen LogP contribution in [-0.4, -0.2) is 0 Å². The largest absolute Gasteiger partial charge is 0.464 e. The van der Waals surface area contributed by atoms with Crippen molar-refractivity contribution in [1.82, 2.24) is 0 Å². The molecular weight excluding hydrogens is 160 g/mol. The molecular formula is C12H16O. The minimum Gasteiger partial charge on any atom is -0.464 e. The van der Waals surface area contributed by atoms with Gasteiger partial charge in [0.2, 0.25) is 0 Å². The number of hydrogen-bond acceptors (Lipinski definition) is 1. The Morgan fingerprint density at radius 2 is 1.92 bits per heavy atom. The molecule has 0 N–H and O–H groups in total. The van der Waals surface area contributed by atoms with E-state index in [0.29, 0.717) is 0 Å². The minimum atomic E-state index is 0.990. The van der Waals surface area contributed by atoms with Crippen molar-refractivity contribution in [3.8, 4) is 0 Å². The zero-order valence-electron chi connectivity index (χ0n) is 8.50. The maximum atomic E-state index is 5.26. The summed E-state index contributed by atoms with van der Waals surface area (Å²) in [6.45, 7) is 6.14. The summed E-state index contributed by atoms with van der Waals surface area (Å²) in [7, 11) is 0. The quantitative estimate of drug-likeness (QED) is 0.639. The first kappa shape index (κ1) is 9.85. The Hall–Kier alpha value is -1.24. The van der Waals surface area contributed by atoms with Gasteiger partial charge in [-0.15, -0.1) is 0 Å². The van der Waals surface area contributed by atoms with Crippen LogP contribution in [0.1, 0.15) is 26.3 Å². The molecule has 0 aliphatic rings. The van der Waals surface area contributed by atoms with Gasteiger partial charge in [0.25, 0.3) is 0 Å². The van der Waals surface area contributed by atoms with Crippen LogP contribution in [-0.2, 0) is 6.42 Å². The number of furan rings is 1. The molecule has 2 aromatic rings. The molecule has 0 saturated carbocycles. The van der Waals surface area contributed by atoms with Crippen LogP contribution < -0.4 is 0 Å². The smallest absolute Gasteiger partial charge is 0.134 e. The predicted octanol–water partition coefficient (Wildman–Crippen LogP) is 4.02. The summed E-state index contributed by atoms with van der Waals surface area (Å²) in [5.41, 5.74) is 2.32. The summed E-state index contributed by atoms with van der Waals surface area (Å²) in [5, 5.41) is 1.18. The first-order valence-electron chi connectivity index (χ1n) is 4.86. The van der Waals surface area contributed by atoms with Gasteiger partial charge in [-0.05, 0) is 24.1 Å². The normalized spacial score (nSPS) is 9.46. The molecule has 0 saturated heterocycles. The third-order valence-corrected chi connectivity index (χ3v) is 1.93. The van der Waals surface area contributed by atoms with Gasteiger partial charge >= 0.3 is 0 Å². The van der Waals surface area contributed by atoms with Gasteiger partial charge in [-0.3, -0.25) is 0 Å². The van der Waals surface area contributed by atoms with Gasteiger partial charge in [0.05, 0.1) is 6.26 Å². The molecule has 1 heterocycles. The molecule has 0 atom stereocenters. The number of rotatable bonds is 1. The highest BCUT2D eigenvalue weighted by Crippen LogP contribution is 2.16. The first-order chi connectivity index (χ1) is 6.40. The lowest BCUT2D eigenvalue weighted by Gasteiger charge is -1.93. The first-order valence-corrected chi connectivity index (χ1v) is 4.86. The van der Waals surface area contributed by atoms with Crippen molar-refractivity contribution in [2.24, 2.45) is 0 Å². The molecule has 0 aliphatic heterocycles. The molecule has 0 fully saturated rings. The average Bonchev–Trinajstić information content (AvgIpc) is 2.67. The van der Waals surface area contributed by atoms with Gasteiger partial charge in [0.1, 0.15) is 5.58 Å². The van der Waals surface area contributed by atoms with E-state index in [1.165, 1.54) is 10.9 Å². The van der Waals surface area contributed by atoms with Crippen molar-refractivity contribution < 1.29 is 4.42 Å². The topological polar surface area (TPSA) is 13.1 Å². The molecule has 1 aromatic carbocycles. The van der Waals surface area contributed by atoms with E-state index < -0.39 is 0 Å². The molecule has 0 radical (unpaired) electrons. The Bertz CT molecular complexity index is 360. The summed E-state index contributed by atoms with van der Waals surface area (Å²) in [4.78, 5) is 0. The van der Waals surface area contributed by atoms with Crippen LogP contribution in [0.5, 0.6) is 0 Å². The average molecular weight is 176 g/mol. The molecule has 2 rings (SSSR count). The Labute approximate surface area is 79.4 Å². The number of hydrogen-bond donors (Lipinski definition) is 0. The van der Waals surface area contributed by atoms with Gasteiger partial charge in [-0.2, -0.15) is 0 Å². The van der Waals surface area contributed by atoms with E-state index in [-0.39, 0.29) is 0 Å². The van der Waals surface area contributed by atoms with Crippen molar-refractivity contribution in [1.29, 1.82) is 0 Å². The second kappa shape index (κ2) is 4.70. The zero-order chi connectivity index (χ0) is 9.68. The van der Waals surface area contributed by atoms with E-state index >= 15 is 0 Å². The van der Waals surface area contributed by atoms with E-state index in [2.05, 4.69) is 25.1 Å². The van der Waals surface area contributed by atoms with E-state index in [1.807, 2.05) is 19.9 Å². The van der Waals surface area contributed by atoms with Gasteiger partial charge < -0.3 is 4.42 Å². The molecule has 0 spiro atoms. The fourth-order valence-electron chi connectivity index (χ4n) is 1.22. The Kier molecular flexibility index (Phi) is 3.56. The van der Waals surface area contributed by atoms with E-state index in [0.717, 1.165) is 12.0 Å². The van der Waals surface area contributed by atoms with Crippen LogP contribution in [0, 0.1) is 0 Å². The fraction of sp³-hybridized carbons (Fsp3) is 0.333. The summed E-state index contributed by atoms with van der Waals surface area (Å²) in [6, 6.07) is 8.31. The second-order valence-corrected chi connectivity index (χ2v) is 2.65. The highest BCUT2D eigenvalue weighted by Gasteiger charge is 1.95. The highest BCUT2D eigenvalue weighted by atomic mass is 16.3. The Morgan fingerprint density at radius 1 is 1.15 bits per heavy atom. The number of fused-ring (bicyclic) bond motifs is 1. The van der Waals surface area contributed by atoms with Crippen molar-refractivity contribution >= 4 is 11.0 Å². The molecule has 70 valence electrons. The monoisotopic (exact) mass is 176 g/mol. The maximum absolute atomic E-state index is 5.26. The van der Waals surface area contributed by atoms with Crippen LogP contribution in [0.4, 0.5) is 0 Å². The molecule has 13 heavy (non-hydrogen) atoms. The van der Waals surface area contributed by atoms with Crippen molar-refractivity contribution in [3.05, 3.63) is 36.1 Å². The lowest BCUT2D eigenvalue weighted by atomic mass is 10.1. The third kappa shape index (κ3) is 2.11. The van der Waals surface area contributed by atoms with Crippen molar-refractivity contribution in [2.45, 2.75) is 27.2 Å². The van der Waals surface area contributed by atoms with E-state index in [4.69, 9.17) is 4.42 Å². The van der Waals surface area contributed by atoms with Gasteiger partial charge in [0.15, 0.2) is 0 Å². The predicted molar refractivity (Wildman–Crippen MR) is 56.9 cm³/mol. The summed E-state index contributed by atoms with van der Waals surface area (Å²) in [5.74, 6) is 0.